The fourth-order valence-electron chi connectivity index (χ4n) is 3.51. The average molecular weight is 430 g/mol. The number of nitrogens with one attached hydrogen (secondary N) is 1. The first-order valence-corrected chi connectivity index (χ1v) is 10.5. The van der Waals surface area contributed by atoms with Crippen LogP contribution in [0.3, 0.4) is 0 Å². The lowest BCUT2D eigenvalue weighted by Crippen LogP contribution is -2.17. The third-order valence-corrected chi connectivity index (χ3v) is 6.69. The lowest BCUT2D eigenvalue weighted by Gasteiger charge is -2.19. The number of hydrogen-bond donors (Lipinski definition) is 2. The monoisotopic (exact) mass is 429 g/mol. The third kappa shape index (κ3) is 3.56. The minimum absolute atomic E-state index is 0.278. The summed E-state index contributed by atoms with van der Waals surface area (Å²) < 4.78 is 15.4. The predicted octanol–water partition coefficient (Wildman–Crippen LogP) is 6.09. The number of benzene rings is 1. The topological polar surface area (TPSA) is 58.0 Å². The van der Waals surface area contributed by atoms with Gasteiger partial charge in [-0.3, -0.25) is 0 Å². The van der Waals surface area contributed by atoms with Gasteiger partial charge in [-0.15, -0.1) is 11.3 Å². The Morgan fingerprint density at radius 1 is 1.24 bits per heavy atom. The molecule has 0 amide bonds. The minimum Gasteiger partial charge on any atom is -0.386 e. The Balaban J connectivity index is 1.70. The van der Waals surface area contributed by atoms with Crippen LogP contribution in [0.1, 0.15) is 36.2 Å². The number of thiophene rings is 1. The summed E-state index contributed by atoms with van der Waals surface area (Å²) in [6.45, 7) is 7.46. The van der Waals surface area contributed by atoms with E-state index in [9.17, 15) is 9.50 Å². The summed E-state index contributed by atoms with van der Waals surface area (Å²) in [4.78, 5) is 10.0. The maximum Gasteiger partial charge on any atom is 0.144 e. The molecule has 1 aromatic carbocycles. The number of aliphatic hydroxyl groups is 1. The van der Waals surface area contributed by atoms with Gasteiger partial charge in [0.25, 0.3) is 0 Å². The molecule has 0 aliphatic heterocycles. The highest BCUT2D eigenvalue weighted by Gasteiger charge is 2.21. The molecule has 29 heavy (non-hydrogen) atoms. The van der Waals surface area contributed by atoms with E-state index >= 15 is 0 Å². The maximum atomic E-state index is 14.4. The van der Waals surface area contributed by atoms with Crippen molar-refractivity contribution >= 4 is 49.1 Å². The minimum atomic E-state index is -1.22. The van der Waals surface area contributed by atoms with Crippen molar-refractivity contribution in [1.29, 1.82) is 0 Å². The first kappa shape index (κ1) is 20.0. The van der Waals surface area contributed by atoms with Crippen molar-refractivity contribution in [3.8, 4) is 0 Å². The number of halogens is 2. The van der Waals surface area contributed by atoms with Gasteiger partial charge in [-0.1, -0.05) is 23.7 Å². The molecule has 2 N–H and O–H groups in total. The zero-order valence-corrected chi connectivity index (χ0v) is 18.2. The lowest BCUT2D eigenvalue weighted by atomic mass is 9.96. The molecule has 7 heteroatoms. The second kappa shape index (κ2) is 7.20. The predicted molar refractivity (Wildman–Crippen MR) is 118 cm³/mol. The highest BCUT2D eigenvalue weighted by molar-refractivity contribution is 7.26. The van der Waals surface area contributed by atoms with Crippen LogP contribution in [0.15, 0.2) is 30.5 Å². The molecule has 0 atom stereocenters. The molecule has 0 saturated carbocycles. The van der Waals surface area contributed by atoms with Crippen LogP contribution in [0.4, 0.5) is 10.2 Å². The standard InChI is InChI=1S/C22H21ClFN3OS/c1-11-17-14-7-8-25-20(19(14)29-21(17)27-12(2)18(11)23)26-10-13-5-6-15(16(24)9-13)22(3,4)28/h5-9,28H,10H2,1-4H3,(H,25,26). The van der Waals surface area contributed by atoms with E-state index in [1.165, 1.54) is 6.07 Å². The molecule has 150 valence electrons. The molecule has 0 aliphatic carbocycles. The van der Waals surface area contributed by atoms with E-state index in [4.69, 9.17) is 11.6 Å². The van der Waals surface area contributed by atoms with Gasteiger partial charge in [0.05, 0.1) is 21.0 Å². The number of rotatable bonds is 4. The van der Waals surface area contributed by atoms with E-state index in [1.807, 2.05) is 26.0 Å². The van der Waals surface area contributed by atoms with E-state index in [0.29, 0.717) is 11.6 Å². The molecule has 3 heterocycles. The van der Waals surface area contributed by atoms with Crippen molar-refractivity contribution in [1.82, 2.24) is 9.97 Å². The van der Waals surface area contributed by atoms with Gasteiger partial charge < -0.3 is 10.4 Å². The van der Waals surface area contributed by atoms with E-state index in [2.05, 4.69) is 15.3 Å². The number of pyridine rings is 2. The first-order chi connectivity index (χ1) is 13.7. The van der Waals surface area contributed by atoms with Gasteiger partial charge in [0.2, 0.25) is 0 Å². The van der Waals surface area contributed by atoms with Crippen molar-refractivity contribution < 1.29 is 9.50 Å². The van der Waals surface area contributed by atoms with E-state index < -0.39 is 11.4 Å². The second-order valence-corrected chi connectivity index (χ2v) is 9.06. The SMILES string of the molecule is Cc1nc2sc3c(NCc4ccc(C(C)(C)O)c(F)c4)nccc3c2c(C)c1Cl. The van der Waals surface area contributed by atoms with Crippen molar-refractivity contribution in [2.75, 3.05) is 5.32 Å². The fraction of sp³-hybridized carbons (Fsp3) is 0.273. The Morgan fingerprint density at radius 3 is 2.69 bits per heavy atom. The van der Waals surface area contributed by atoms with Crippen LogP contribution >= 0.6 is 22.9 Å². The number of nitrogens with zero attached hydrogens (tertiary/aromatic N) is 2. The Labute approximate surface area is 177 Å². The summed E-state index contributed by atoms with van der Waals surface area (Å²) in [5, 5.41) is 16.1. The molecule has 3 aromatic heterocycles. The first-order valence-electron chi connectivity index (χ1n) is 9.26. The molecular formula is C22H21ClFN3OS. The van der Waals surface area contributed by atoms with Gasteiger partial charge in [0.15, 0.2) is 0 Å². The Hall–Kier alpha value is -2.28. The van der Waals surface area contributed by atoms with Gasteiger partial charge in [-0.25, -0.2) is 14.4 Å². The molecule has 0 radical (unpaired) electrons. The zero-order valence-electron chi connectivity index (χ0n) is 16.6. The van der Waals surface area contributed by atoms with E-state index in [-0.39, 0.29) is 5.56 Å². The van der Waals surface area contributed by atoms with Gasteiger partial charge in [-0.2, -0.15) is 0 Å². The van der Waals surface area contributed by atoms with Crippen molar-refractivity contribution in [3.05, 3.63) is 63.7 Å². The smallest absolute Gasteiger partial charge is 0.144 e. The largest absolute Gasteiger partial charge is 0.386 e. The average Bonchev–Trinajstić information content (AvgIpc) is 3.02. The Kier molecular flexibility index (Phi) is 4.97. The molecular weight excluding hydrogens is 409 g/mol. The number of fused-ring (bicyclic) bond motifs is 3. The quantitative estimate of drug-likeness (QED) is 0.412. The third-order valence-electron chi connectivity index (χ3n) is 5.03. The van der Waals surface area contributed by atoms with Crippen LogP contribution in [0.2, 0.25) is 5.02 Å². The highest BCUT2D eigenvalue weighted by atomic mass is 35.5. The van der Waals surface area contributed by atoms with Gasteiger partial charge >= 0.3 is 0 Å². The molecule has 0 unspecified atom stereocenters. The molecule has 0 saturated heterocycles. The van der Waals surface area contributed by atoms with Gasteiger partial charge in [0.1, 0.15) is 16.5 Å². The van der Waals surface area contributed by atoms with Crippen LogP contribution in [0, 0.1) is 19.7 Å². The molecule has 4 nitrogen and oxygen atoms in total. The van der Waals surface area contributed by atoms with Crippen molar-refractivity contribution in [2.24, 2.45) is 0 Å². The normalized spacial score (nSPS) is 12.1. The molecule has 0 aliphatic rings. The van der Waals surface area contributed by atoms with Crippen molar-refractivity contribution in [3.63, 3.8) is 0 Å². The summed E-state index contributed by atoms with van der Waals surface area (Å²) in [5.74, 6) is 0.306. The number of aryl methyl sites for hydroxylation is 2. The molecule has 0 bridgehead atoms. The maximum absolute atomic E-state index is 14.4. The van der Waals surface area contributed by atoms with Crippen LogP contribution < -0.4 is 5.32 Å². The Bertz CT molecular complexity index is 1250. The van der Waals surface area contributed by atoms with Crippen LogP contribution in [0.5, 0.6) is 0 Å². The zero-order chi connectivity index (χ0) is 20.9. The van der Waals surface area contributed by atoms with E-state index in [1.54, 1.807) is 37.4 Å². The van der Waals surface area contributed by atoms with E-state index in [0.717, 1.165) is 42.9 Å². The second-order valence-electron chi connectivity index (χ2n) is 7.68. The highest BCUT2D eigenvalue weighted by Crippen LogP contribution is 2.40. The van der Waals surface area contributed by atoms with Crippen LogP contribution in [0.25, 0.3) is 20.3 Å². The van der Waals surface area contributed by atoms with Crippen molar-refractivity contribution in [2.45, 2.75) is 39.8 Å². The van der Waals surface area contributed by atoms with Crippen LogP contribution in [-0.2, 0) is 12.1 Å². The summed E-state index contributed by atoms with van der Waals surface area (Å²) >= 11 is 7.98. The molecule has 0 spiro atoms. The van der Waals surface area contributed by atoms with Gasteiger partial charge in [0, 0.05) is 29.1 Å². The summed E-state index contributed by atoms with van der Waals surface area (Å²) in [6.07, 6.45) is 1.75. The molecule has 0 fully saturated rings. The summed E-state index contributed by atoms with van der Waals surface area (Å²) in [6, 6.07) is 6.85. The molecule has 4 rings (SSSR count). The summed E-state index contributed by atoms with van der Waals surface area (Å²) in [7, 11) is 0. The Morgan fingerprint density at radius 2 is 2.00 bits per heavy atom. The number of anilines is 1. The number of hydrogen-bond acceptors (Lipinski definition) is 5. The van der Waals surface area contributed by atoms with Gasteiger partial charge in [-0.05, 0) is 51.0 Å². The summed E-state index contributed by atoms with van der Waals surface area (Å²) in [5.41, 5.74) is 1.66. The van der Waals surface area contributed by atoms with Crippen LogP contribution in [-0.4, -0.2) is 15.1 Å². The number of aromatic nitrogens is 2. The fourth-order valence-corrected chi connectivity index (χ4v) is 4.89. The lowest BCUT2D eigenvalue weighted by molar-refractivity contribution is 0.0745. The molecule has 4 aromatic rings.